The number of benzene rings is 2. The summed E-state index contributed by atoms with van der Waals surface area (Å²) in [5.74, 6) is 1.34. The number of aromatic nitrogens is 2. The number of amides is 1. The van der Waals surface area contributed by atoms with Gasteiger partial charge in [-0.1, -0.05) is 54.1 Å². The van der Waals surface area contributed by atoms with Crippen LogP contribution in [0.5, 0.6) is 5.75 Å². The van der Waals surface area contributed by atoms with Crippen LogP contribution in [0.4, 0.5) is 5.82 Å². The molecular weight excluding hydrogens is 426 g/mol. The van der Waals surface area contributed by atoms with Crippen LogP contribution in [0, 0.1) is 0 Å². The molecule has 0 aliphatic carbocycles. The third kappa shape index (κ3) is 5.55. The van der Waals surface area contributed by atoms with Gasteiger partial charge in [0.2, 0.25) is 5.91 Å². The first-order valence-corrected chi connectivity index (χ1v) is 11.0. The number of nitrogens with two attached hydrogens (primary N) is 1. The minimum Gasteiger partial charge on any atom is -0.483 e. The normalized spacial score (nSPS) is 14.8. The Labute approximate surface area is 192 Å². The molecule has 0 saturated carbocycles. The number of hydrogen-bond donors (Lipinski definition) is 1. The monoisotopic (exact) mass is 451 g/mol. The van der Waals surface area contributed by atoms with E-state index in [-0.39, 0.29) is 5.91 Å². The highest BCUT2D eigenvalue weighted by molar-refractivity contribution is 6.30. The van der Waals surface area contributed by atoms with Crippen molar-refractivity contribution in [2.45, 2.75) is 19.1 Å². The molecule has 0 spiro atoms. The fourth-order valence-corrected chi connectivity index (χ4v) is 3.85. The van der Waals surface area contributed by atoms with E-state index in [4.69, 9.17) is 22.1 Å². The summed E-state index contributed by atoms with van der Waals surface area (Å²) in [4.78, 5) is 25.3. The second-order valence-electron chi connectivity index (χ2n) is 7.73. The lowest BCUT2D eigenvalue weighted by Crippen LogP contribution is -2.53. The summed E-state index contributed by atoms with van der Waals surface area (Å²) < 4.78 is 5.99. The molecule has 4 rings (SSSR count). The van der Waals surface area contributed by atoms with Crippen molar-refractivity contribution in [3.63, 3.8) is 0 Å². The first kappa shape index (κ1) is 22.0. The van der Waals surface area contributed by atoms with E-state index >= 15 is 0 Å². The summed E-state index contributed by atoms with van der Waals surface area (Å²) in [6, 6.07) is 16.8. The molecule has 2 heterocycles. The Morgan fingerprint density at radius 1 is 1.03 bits per heavy atom. The minimum absolute atomic E-state index is 0.0390. The molecule has 1 saturated heterocycles. The summed E-state index contributed by atoms with van der Waals surface area (Å²) in [5.41, 5.74) is 8.28. The Balaban J connectivity index is 1.33. The van der Waals surface area contributed by atoms with Crippen LogP contribution in [-0.2, 0) is 17.8 Å². The van der Waals surface area contributed by atoms with Crippen molar-refractivity contribution in [3.05, 3.63) is 83.3 Å². The summed E-state index contributed by atoms with van der Waals surface area (Å²) in [5, 5.41) is 0.668. The maximum absolute atomic E-state index is 12.8. The van der Waals surface area contributed by atoms with Crippen LogP contribution in [0.15, 0.2) is 67.1 Å². The van der Waals surface area contributed by atoms with Crippen LogP contribution in [0.3, 0.4) is 0 Å². The number of nitrogens with zero attached hydrogens (tertiary/aromatic N) is 4. The van der Waals surface area contributed by atoms with Crippen LogP contribution in [0.1, 0.15) is 11.1 Å². The number of rotatable bonds is 7. The molecule has 1 amide bonds. The van der Waals surface area contributed by atoms with Gasteiger partial charge in [-0.3, -0.25) is 4.79 Å². The summed E-state index contributed by atoms with van der Waals surface area (Å²) in [6.45, 7) is 2.90. The van der Waals surface area contributed by atoms with Crippen LogP contribution >= 0.6 is 11.6 Å². The van der Waals surface area contributed by atoms with Gasteiger partial charge in [-0.15, -0.1) is 0 Å². The van der Waals surface area contributed by atoms with Crippen LogP contribution in [0.25, 0.3) is 0 Å². The smallest absolute Gasteiger partial charge is 0.239 e. The predicted molar refractivity (Wildman–Crippen MR) is 125 cm³/mol. The standard InChI is InChI=1S/C24H26ClN5O2/c25-20-8-6-18(7-9-20)14-21(26)24(31)30-12-10-29(11-13-30)23-22(15-27-17-28-23)32-16-19-4-2-1-3-5-19/h1-9,15,17,21H,10-14,16,26H2/t21-/m1/s1. The summed E-state index contributed by atoms with van der Waals surface area (Å²) in [7, 11) is 0. The highest BCUT2D eigenvalue weighted by Crippen LogP contribution is 2.26. The molecule has 1 atom stereocenters. The maximum Gasteiger partial charge on any atom is 0.239 e. The van der Waals surface area contributed by atoms with Gasteiger partial charge in [-0.25, -0.2) is 9.97 Å². The SMILES string of the molecule is N[C@H](Cc1ccc(Cl)cc1)C(=O)N1CCN(c2ncncc2OCc2ccccc2)CC1. The van der Waals surface area contributed by atoms with E-state index in [9.17, 15) is 4.79 Å². The molecule has 32 heavy (non-hydrogen) atoms. The number of ether oxygens (including phenoxy) is 1. The molecule has 0 unspecified atom stereocenters. The molecule has 0 bridgehead atoms. The Kier molecular flexibility index (Phi) is 7.19. The minimum atomic E-state index is -0.577. The summed E-state index contributed by atoms with van der Waals surface area (Å²) in [6.07, 6.45) is 3.69. The molecule has 7 nitrogen and oxygen atoms in total. The van der Waals surface area contributed by atoms with Gasteiger partial charge < -0.3 is 20.3 Å². The van der Waals surface area contributed by atoms with E-state index in [2.05, 4.69) is 14.9 Å². The molecule has 166 valence electrons. The molecule has 1 aromatic heterocycles. The molecule has 1 fully saturated rings. The molecular formula is C24H26ClN5O2. The average molecular weight is 452 g/mol. The Bertz CT molecular complexity index is 1020. The number of carbonyl (C=O) groups excluding carboxylic acids is 1. The Morgan fingerprint density at radius 2 is 1.75 bits per heavy atom. The van der Waals surface area contributed by atoms with Gasteiger partial charge >= 0.3 is 0 Å². The first-order chi connectivity index (χ1) is 15.6. The third-order valence-electron chi connectivity index (χ3n) is 5.47. The van der Waals surface area contributed by atoms with Crippen molar-refractivity contribution in [2.24, 2.45) is 5.73 Å². The lowest BCUT2D eigenvalue weighted by molar-refractivity contribution is -0.132. The van der Waals surface area contributed by atoms with Crippen LogP contribution < -0.4 is 15.4 Å². The topological polar surface area (TPSA) is 84.6 Å². The van der Waals surface area contributed by atoms with Crippen molar-refractivity contribution in [2.75, 3.05) is 31.1 Å². The Hall–Kier alpha value is -3.16. The highest BCUT2D eigenvalue weighted by Gasteiger charge is 2.27. The van der Waals surface area contributed by atoms with Crippen molar-refractivity contribution in [1.29, 1.82) is 0 Å². The molecule has 2 aromatic carbocycles. The molecule has 3 aromatic rings. The largest absolute Gasteiger partial charge is 0.483 e. The fourth-order valence-electron chi connectivity index (χ4n) is 3.72. The zero-order valence-corrected chi connectivity index (χ0v) is 18.5. The number of piperazine rings is 1. The second-order valence-corrected chi connectivity index (χ2v) is 8.17. The Morgan fingerprint density at radius 3 is 2.47 bits per heavy atom. The summed E-state index contributed by atoms with van der Waals surface area (Å²) >= 11 is 5.93. The molecule has 1 aliphatic rings. The lowest BCUT2D eigenvalue weighted by Gasteiger charge is -2.36. The third-order valence-corrected chi connectivity index (χ3v) is 5.72. The van der Waals surface area contributed by atoms with Crippen LogP contribution in [0.2, 0.25) is 5.02 Å². The fraction of sp³-hybridized carbons (Fsp3) is 0.292. The number of hydrogen-bond acceptors (Lipinski definition) is 6. The van der Waals surface area contributed by atoms with Gasteiger partial charge in [0.15, 0.2) is 11.6 Å². The van der Waals surface area contributed by atoms with Gasteiger partial charge in [-0.05, 0) is 29.7 Å². The van der Waals surface area contributed by atoms with E-state index in [1.165, 1.54) is 6.33 Å². The second kappa shape index (κ2) is 10.4. The number of halogens is 1. The van der Waals surface area contributed by atoms with Crippen molar-refractivity contribution in [1.82, 2.24) is 14.9 Å². The zero-order valence-electron chi connectivity index (χ0n) is 17.7. The van der Waals surface area contributed by atoms with Crippen LogP contribution in [-0.4, -0.2) is 53.0 Å². The average Bonchev–Trinajstić information content (AvgIpc) is 2.84. The van der Waals surface area contributed by atoms with Crippen molar-refractivity contribution >= 4 is 23.3 Å². The van der Waals surface area contributed by atoms with E-state index in [1.54, 1.807) is 6.20 Å². The maximum atomic E-state index is 12.8. The molecule has 2 N–H and O–H groups in total. The lowest BCUT2D eigenvalue weighted by atomic mass is 10.1. The van der Waals surface area contributed by atoms with Gasteiger partial charge in [-0.2, -0.15) is 0 Å². The predicted octanol–water partition coefficient (Wildman–Crippen LogP) is 2.93. The molecule has 1 aliphatic heterocycles. The van der Waals surface area contributed by atoms with E-state index in [0.29, 0.717) is 50.0 Å². The number of anilines is 1. The van der Waals surface area contributed by atoms with Gasteiger partial charge in [0.25, 0.3) is 0 Å². The zero-order chi connectivity index (χ0) is 22.3. The van der Waals surface area contributed by atoms with E-state index in [1.807, 2.05) is 59.5 Å². The molecule has 0 radical (unpaired) electrons. The van der Waals surface area contributed by atoms with Gasteiger partial charge in [0.05, 0.1) is 12.2 Å². The highest BCUT2D eigenvalue weighted by atomic mass is 35.5. The van der Waals surface area contributed by atoms with Crippen molar-refractivity contribution < 1.29 is 9.53 Å². The van der Waals surface area contributed by atoms with Gasteiger partial charge in [0.1, 0.15) is 12.9 Å². The molecule has 8 heteroatoms. The van der Waals surface area contributed by atoms with Crippen molar-refractivity contribution in [3.8, 4) is 5.75 Å². The van der Waals surface area contributed by atoms with Gasteiger partial charge in [0, 0.05) is 31.2 Å². The first-order valence-electron chi connectivity index (χ1n) is 10.6. The number of carbonyl (C=O) groups is 1. The van der Waals surface area contributed by atoms with E-state index < -0.39 is 6.04 Å². The quantitative estimate of drug-likeness (QED) is 0.594. The van der Waals surface area contributed by atoms with E-state index in [0.717, 1.165) is 16.9 Å².